The Morgan fingerprint density at radius 1 is 1.00 bits per heavy atom. The van der Waals surface area contributed by atoms with Gasteiger partial charge >= 0.3 is 0 Å². The number of piperidine rings is 1. The lowest BCUT2D eigenvalue weighted by Gasteiger charge is -2.40. The third-order valence-electron chi connectivity index (χ3n) is 7.63. The Kier molecular flexibility index (Phi) is 6.23. The van der Waals surface area contributed by atoms with Crippen LogP contribution >= 0.6 is 11.6 Å². The van der Waals surface area contributed by atoms with Crippen molar-refractivity contribution in [3.05, 3.63) is 99.8 Å². The molecule has 5 rings (SSSR count). The zero-order valence-electron chi connectivity index (χ0n) is 20.7. The van der Waals surface area contributed by atoms with E-state index in [-0.39, 0.29) is 22.6 Å². The second-order valence-electron chi connectivity index (χ2n) is 11.1. The van der Waals surface area contributed by atoms with Gasteiger partial charge in [-0.25, -0.2) is 4.39 Å². The van der Waals surface area contributed by atoms with Crippen molar-refractivity contribution in [1.29, 1.82) is 0 Å². The number of hydrogen-bond acceptors (Lipinski definition) is 2. The van der Waals surface area contributed by atoms with Crippen molar-refractivity contribution in [2.24, 2.45) is 0 Å². The molecule has 1 amide bonds. The Morgan fingerprint density at radius 2 is 1.71 bits per heavy atom. The molecular formula is C30H32ClFN2O. The van der Waals surface area contributed by atoms with Crippen LogP contribution < -0.4 is 4.90 Å². The monoisotopic (exact) mass is 490 g/mol. The minimum Gasteiger partial charge on any atom is -0.307 e. The van der Waals surface area contributed by atoms with Crippen LogP contribution in [0.25, 0.3) is 0 Å². The molecule has 1 saturated heterocycles. The molecule has 0 radical (unpaired) electrons. The van der Waals surface area contributed by atoms with Crippen LogP contribution in [0, 0.1) is 5.82 Å². The van der Waals surface area contributed by atoms with E-state index in [0.29, 0.717) is 12.1 Å². The maximum absolute atomic E-state index is 14.4. The van der Waals surface area contributed by atoms with Gasteiger partial charge in [-0.15, -0.1) is 0 Å². The van der Waals surface area contributed by atoms with Gasteiger partial charge in [0.05, 0.1) is 0 Å². The molecule has 3 aromatic rings. The molecule has 182 valence electrons. The number of anilines is 1. The summed E-state index contributed by atoms with van der Waals surface area (Å²) in [5.74, 6) is -0.259. The molecule has 0 unspecified atom stereocenters. The molecule has 0 aliphatic carbocycles. The number of hydrogen-bond donors (Lipinski definition) is 0. The zero-order valence-corrected chi connectivity index (χ0v) is 21.4. The largest absolute Gasteiger partial charge is 0.307 e. The predicted molar refractivity (Wildman–Crippen MR) is 141 cm³/mol. The second-order valence-corrected chi connectivity index (χ2v) is 11.5. The van der Waals surface area contributed by atoms with Gasteiger partial charge in [0.25, 0.3) is 5.91 Å². The Balaban J connectivity index is 1.37. The van der Waals surface area contributed by atoms with Crippen molar-refractivity contribution < 1.29 is 9.18 Å². The van der Waals surface area contributed by atoms with Gasteiger partial charge in [-0.2, -0.15) is 0 Å². The highest BCUT2D eigenvalue weighted by Gasteiger charge is 2.46. The maximum Gasteiger partial charge on any atom is 0.258 e. The van der Waals surface area contributed by atoms with Crippen LogP contribution in [0.15, 0.2) is 66.7 Å². The van der Waals surface area contributed by atoms with E-state index in [4.69, 9.17) is 11.6 Å². The smallest absolute Gasteiger partial charge is 0.258 e. The van der Waals surface area contributed by atoms with Gasteiger partial charge in [0.1, 0.15) is 5.82 Å². The van der Waals surface area contributed by atoms with Crippen LogP contribution in [0.2, 0.25) is 5.02 Å². The van der Waals surface area contributed by atoms with Crippen molar-refractivity contribution in [3.63, 3.8) is 0 Å². The maximum atomic E-state index is 14.4. The van der Waals surface area contributed by atoms with Gasteiger partial charge in [0.15, 0.2) is 0 Å². The molecule has 1 spiro atoms. The molecule has 35 heavy (non-hydrogen) atoms. The van der Waals surface area contributed by atoms with Gasteiger partial charge in [0.2, 0.25) is 0 Å². The molecule has 0 atom stereocenters. The molecule has 1 fully saturated rings. The highest BCUT2D eigenvalue weighted by atomic mass is 35.5. The summed E-state index contributed by atoms with van der Waals surface area (Å²) in [5.41, 5.74) is 4.69. The number of carbonyl (C=O) groups excluding carboxylic acids is 1. The molecule has 0 N–H and O–H groups in total. The Morgan fingerprint density at radius 3 is 2.37 bits per heavy atom. The molecule has 0 saturated carbocycles. The Labute approximate surface area is 212 Å². The van der Waals surface area contributed by atoms with Crippen molar-refractivity contribution in [2.45, 2.75) is 51.0 Å². The van der Waals surface area contributed by atoms with Crippen molar-refractivity contribution in [2.75, 3.05) is 24.5 Å². The van der Waals surface area contributed by atoms with Crippen LogP contribution in [0.5, 0.6) is 0 Å². The molecule has 0 bridgehead atoms. The molecule has 2 heterocycles. The van der Waals surface area contributed by atoms with E-state index in [9.17, 15) is 9.18 Å². The lowest BCUT2D eigenvalue weighted by Crippen LogP contribution is -2.45. The van der Waals surface area contributed by atoms with Gasteiger partial charge < -0.3 is 4.90 Å². The van der Waals surface area contributed by atoms with E-state index in [1.807, 2.05) is 47.4 Å². The number of fused-ring (bicyclic) bond motifs is 2. The quantitative estimate of drug-likeness (QED) is 0.395. The number of halogens is 2. The van der Waals surface area contributed by atoms with Crippen LogP contribution in [0.1, 0.15) is 60.7 Å². The normalized spacial score (nSPS) is 17.6. The molecule has 2 aliphatic heterocycles. The average molecular weight is 491 g/mol. The SMILES string of the molecule is CC(C)(C)c1ccc(C(=O)N2CC3(CCN(Cc4cccc(Cl)c4)CC3)c3cc(F)ccc32)cc1. The highest BCUT2D eigenvalue weighted by Crippen LogP contribution is 2.48. The molecular weight excluding hydrogens is 459 g/mol. The summed E-state index contributed by atoms with van der Waals surface area (Å²) in [6.45, 7) is 9.72. The Hall–Kier alpha value is -2.69. The number of amides is 1. The average Bonchev–Trinajstić information content (AvgIpc) is 3.13. The van der Waals surface area contributed by atoms with E-state index in [2.05, 4.69) is 31.7 Å². The molecule has 0 aromatic heterocycles. The molecule has 5 heteroatoms. The van der Waals surface area contributed by atoms with Crippen molar-refractivity contribution in [3.8, 4) is 0 Å². The van der Waals surface area contributed by atoms with E-state index in [0.717, 1.165) is 48.7 Å². The fraction of sp³-hybridized carbons (Fsp3) is 0.367. The van der Waals surface area contributed by atoms with Gasteiger partial charge in [-0.1, -0.05) is 56.6 Å². The number of benzene rings is 3. The van der Waals surface area contributed by atoms with E-state index in [1.165, 1.54) is 17.2 Å². The number of nitrogens with zero attached hydrogens (tertiary/aromatic N) is 2. The molecule has 3 nitrogen and oxygen atoms in total. The fourth-order valence-electron chi connectivity index (χ4n) is 5.55. The van der Waals surface area contributed by atoms with Crippen LogP contribution in [-0.4, -0.2) is 30.4 Å². The van der Waals surface area contributed by atoms with Crippen LogP contribution in [0.3, 0.4) is 0 Å². The first-order chi connectivity index (χ1) is 16.6. The summed E-state index contributed by atoms with van der Waals surface area (Å²) in [7, 11) is 0. The minimum absolute atomic E-state index is 0.0171. The fourth-order valence-corrected chi connectivity index (χ4v) is 5.76. The summed E-state index contributed by atoms with van der Waals surface area (Å²) in [5, 5.41) is 0.751. The third kappa shape index (κ3) is 4.74. The minimum atomic E-state index is -0.242. The summed E-state index contributed by atoms with van der Waals surface area (Å²) in [4.78, 5) is 17.9. The van der Waals surface area contributed by atoms with Crippen LogP contribution in [-0.2, 0) is 17.4 Å². The summed E-state index contributed by atoms with van der Waals surface area (Å²) < 4.78 is 14.4. The lowest BCUT2D eigenvalue weighted by atomic mass is 9.74. The van der Waals surface area contributed by atoms with Gasteiger partial charge in [-0.3, -0.25) is 9.69 Å². The summed E-state index contributed by atoms with van der Waals surface area (Å²) in [6.07, 6.45) is 1.77. The second kappa shape index (κ2) is 9.07. The van der Waals surface area contributed by atoms with E-state index in [1.54, 1.807) is 12.1 Å². The topological polar surface area (TPSA) is 23.6 Å². The highest BCUT2D eigenvalue weighted by molar-refractivity contribution is 6.30. The molecule has 2 aliphatic rings. The number of rotatable bonds is 3. The first-order valence-electron chi connectivity index (χ1n) is 12.3. The lowest BCUT2D eigenvalue weighted by molar-refractivity contribution is 0.0975. The van der Waals surface area contributed by atoms with Crippen LogP contribution in [0.4, 0.5) is 10.1 Å². The first-order valence-corrected chi connectivity index (χ1v) is 12.7. The van der Waals surface area contributed by atoms with E-state index >= 15 is 0 Å². The molecule has 3 aromatic carbocycles. The Bertz CT molecular complexity index is 1240. The predicted octanol–water partition coefficient (Wildman–Crippen LogP) is 6.97. The standard InChI is InChI=1S/C30H32ClFN2O/c1-29(2,3)23-9-7-22(8-10-23)28(35)34-20-30(26-18-25(32)11-12-27(26)34)13-15-33(16-14-30)19-21-5-4-6-24(31)17-21/h4-12,17-18H,13-16,19-20H2,1-3H3. The van der Waals surface area contributed by atoms with Crippen molar-refractivity contribution >= 4 is 23.2 Å². The number of carbonyl (C=O) groups is 1. The van der Waals surface area contributed by atoms with Crippen molar-refractivity contribution in [1.82, 2.24) is 4.90 Å². The third-order valence-corrected chi connectivity index (χ3v) is 7.87. The van der Waals surface area contributed by atoms with Gasteiger partial charge in [0, 0.05) is 34.8 Å². The van der Waals surface area contributed by atoms with E-state index < -0.39 is 0 Å². The first kappa shape index (κ1) is 24.0. The summed E-state index contributed by atoms with van der Waals surface area (Å²) in [6, 6.07) is 20.8. The zero-order chi connectivity index (χ0) is 24.8. The number of likely N-dealkylation sites (tertiary alicyclic amines) is 1. The van der Waals surface area contributed by atoms with Gasteiger partial charge in [-0.05, 0) is 90.5 Å². The summed E-state index contributed by atoms with van der Waals surface area (Å²) >= 11 is 6.17.